The molecule has 0 aliphatic rings. The van der Waals surface area contributed by atoms with Crippen molar-refractivity contribution in [3.63, 3.8) is 0 Å². The molecule has 9 heteroatoms. The maximum atomic E-state index is 12.2. The first kappa shape index (κ1) is 20.4. The van der Waals surface area contributed by atoms with Crippen molar-refractivity contribution >= 4 is 35.4 Å². The van der Waals surface area contributed by atoms with E-state index in [4.69, 9.17) is 27.9 Å². The summed E-state index contributed by atoms with van der Waals surface area (Å²) >= 11 is 11.6. The van der Waals surface area contributed by atoms with E-state index in [1.54, 1.807) is 40.7 Å². The van der Waals surface area contributed by atoms with Gasteiger partial charge in [0.15, 0.2) is 0 Å². The van der Waals surface area contributed by atoms with Gasteiger partial charge in [-0.05, 0) is 65.1 Å². The molecule has 1 N–H and O–H groups in total. The molecule has 0 radical (unpaired) electrons. The quantitative estimate of drug-likeness (QED) is 0.616. The van der Waals surface area contributed by atoms with Gasteiger partial charge in [-0.2, -0.15) is 0 Å². The average molecular weight is 378 g/mol. The highest BCUT2D eigenvalue weighted by atomic mass is 35.5. The summed E-state index contributed by atoms with van der Waals surface area (Å²) in [6.07, 6.45) is -1.63. The molecule has 0 bridgehead atoms. The van der Waals surface area contributed by atoms with Crippen molar-refractivity contribution in [2.24, 2.45) is 0 Å². The van der Waals surface area contributed by atoms with Gasteiger partial charge in [-0.3, -0.25) is 0 Å². The van der Waals surface area contributed by atoms with Crippen molar-refractivity contribution < 1.29 is 19.4 Å². The number of ether oxygens (including phenoxy) is 1. The van der Waals surface area contributed by atoms with Crippen LogP contribution in [0.5, 0.6) is 0 Å². The van der Waals surface area contributed by atoms with E-state index in [0.717, 1.165) is 0 Å². The van der Waals surface area contributed by atoms with E-state index in [1.807, 2.05) is 0 Å². The Morgan fingerprint density at radius 1 is 1.21 bits per heavy atom. The van der Waals surface area contributed by atoms with E-state index in [2.05, 4.69) is 9.97 Å². The fourth-order valence-corrected chi connectivity index (χ4v) is 2.45. The predicted octanol–water partition coefficient (Wildman–Crippen LogP) is 4.41. The second-order valence-corrected chi connectivity index (χ2v) is 7.59. The number of halogens is 2. The van der Waals surface area contributed by atoms with Crippen LogP contribution in [-0.2, 0) is 11.2 Å². The van der Waals surface area contributed by atoms with Crippen LogP contribution in [0, 0.1) is 0 Å². The third-order valence-corrected chi connectivity index (χ3v) is 3.45. The zero-order valence-electron chi connectivity index (χ0n) is 14.3. The Bertz CT molecular complexity index is 609. The highest BCUT2D eigenvalue weighted by Crippen LogP contribution is 2.25. The molecule has 0 aliphatic carbocycles. The number of aromatic nitrogens is 2. The van der Waals surface area contributed by atoms with Crippen LogP contribution in [0.1, 0.15) is 46.7 Å². The standard InChI is InChI=1S/C15H21Cl2N3O4/c1-14(2,3)24-13(23)20(12(21)22)15(4,5)7-6-9-8-10(16)19-11(17)18-9/h8H,6-7H2,1-5H3,(H,21,22). The summed E-state index contributed by atoms with van der Waals surface area (Å²) in [6, 6.07) is 1.54. The van der Waals surface area contributed by atoms with E-state index in [9.17, 15) is 14.7 Å². The molecular formula is C15H21Cl2N3O4. The molecule has 134 valence electrons. The van der Waals surface area contributed by atoms with Gasteiger partial charge in [0.1, 0.15) is 10.8 Å². The smallest absolute Gasteiger partial charge is 0.420 e. The number of carboxylic acid groups (broad SMARTS) is 1. The van der Waals surface area contributed by atoms with Crippen LogP contribution in [0.4, 0.5) is 9.59 Å². The van der Waals surface area contributed by atoms with Crippen molar-refractivity contribution in [1.29, 1.82) is 0 Å². The van der Waals surface area contributed by atoms with Gasteiger partial charge in [-0.1, -0.05) is 11.6 Å². The van der Waals surface area contributed by atoms with Crippen molar-refractivity contribution in [2.45, 2.75) is 58.6 Å². The highest BCUT2D eigenvalue weighted by Gasteiger charge is 2.38. The molecule has 0 atom stereocenters. The van der Waals surface area contributed by atoms with Gasteiger partial charge in [0.2, 0.25) is 5.28 Å². The normalized spacial score (nSPS) is 12.0. The van der Waals surface area contributed by atoms with E-state index in [1.165, 1.54) is 0 Å². The van der Waals surface area contributed by atoms with Gasteiger partial charge in [0.05, 0.1) is 5.54 Å². The topological polar surface area (TPSA) is 92.6 Å². The minimum atomic E-state index is -1.38. The van der Waals surface area contributed by atoms with Gasteiger partial charge < -0.3 is 9.84 Å². The SMILES string of the molecule is CC(C)(C)OC(=O)N(C(=O)O)C(C)(C)CCc1cc(Cl)nc(Cl)n1. The Morgan fingerprint density at radius 3 is 2.25 bits per heavy atom. The highest BCUT2D eigenvalue weighted by molar-refractivity contribution is 6.31. The Hall–Kier alpha value is -1.60. The number of carbonyl (C=O) groups excluding carboxylic acids is 1. The molecule has 1 aromatic rings. The third-order valence-electron chi connectivity index (χ3n) is 3.09. The fourth-order valence-electron chi connectivity index (χ4n) is 2.00. The lowest BCUT2D eigenvalue weighted by atomic mass is 9.95. The minimum Gasteiger partial charge on any atom is -0.465 e. The molecule has 0 spiro atoms. The molecule has 0 aliphatic heterocycles. The first-order chi connectivity index (χ1) is 10.8. The number of hydrogen-bond acceptors (Lipinski definition) is 5. The predicted molar refractivity (Wildman–Crippen MR) is 90.5 cm³/mol. The number of carbonyl (C=O) groups is 2. The number of aryl methyl sites for hydroxylation is 1. The van der Waals surface area contributed by atoms with E-state index >= 15 is 0 Å². The Morgan fingerprint density at radius 2 is 1.79 bits per heavy atom. The van der Waals surface area contributed by atoms with E-state index < -0.39 is 23.3 Å². The first-order valence-electron chi connectivity index (χ1n) is 7.27. The van der Waals surface area contributed by atoms with Gasteiger partial charge in [0.25, 0.3) is 0 Å². The molecule has 0 unspecified atom stereocenters. The van der Waals surface area contributed by atoms with Crippen LogP contribution >= 0.6 is 23.2 Å². The molecule has 7 nitrogen and oxygen atoms in total. The number of hydrogen-bond donors (Lipinski definition) is 1. The van der Waals surface area contributed by atoms with Crippen LogP contribution < -0.4 is 0 Å². The Kier molecular flexibility index (Phi) is 6.41. The lowest BCUT2D eigenvalue weighted by molar-refractivity contribution is 0.00657. The molecule has 0 aromatic carbocycles. The lowest BCUT2D eigenvalue weighted by Gasteiger charge is -2.35. The molecule has 0 saturated heterocycles. The third kappa shape index (κ3) is 6.13. The number of nitrogens with zero attached hydrogens (tertiary/aromatic N) is 3. The summed E-state index contributed by atoms with van der Waals surface area (Å²) in [5.74, 6) is 0. The van der Waals surface area contributed by atoms with Crippen LogP contribution in [0.15, 0.2) is 6.07 Å². The summed E-state index contributed by atoms with van der Waals surface area (Å²) in [7, 11) is 0. The summed E-state index contributed by atoms with van der Waals surface area (Å²) in [6.45, 7) is 8.28. The van der Waals surface area contributed by atoms with Gasteiger partial charge >= 0.3 is 12.2 Å². The molecule has 1 rings (SSSR count). The largest absolute Gasteiger partial charge is 0.465 e. The number of imide groups is 1. The van der Waals surface area contributed by atoms with Crippen LogP contribution in [-0.4, -0.2) is 43.3 Å². The maximum Gasteiger partial charge on any atom is 0.420 e. The van der Waals surface area contributed by atoms with Gasteiger partial charge in [0, 0.05) is 5.69 Å². The minimum absolute atomic E-state index is 0.0116. The van der Waals surface area contributed by atoms with E-state index in [0.29, 0.717) is 23.4 Å². The summed E-state index contributed by atoms with van der Waals surface area (Å²) in [5.41, 5.74) is -1.25. The molecule has 24 heavy (non-hydrogen) atoms. The van der Waals surface area contributed by atoms with Crippen molar-refractivity contribution in [2.75, 3.05) is 0 Å². The van der Waals surface area contributed by atoms with Crippen LogP contribution in [0.3, 0.4) is 0 Å². The fraction of sp³-hybridized carbons (Fsp3) is 0.600. The van der Waals surface area contributed by atoms with Crippen LogP contribution in [0.2, 0.25) is 10.4 Å². The Balaban J connectivity index is 2.92. The zero-order chi connectivity index (χ0) is 18.7. The summed E-state index contributed by atoms with van der Waals surface area (Å²) < 4.78 is 5.18. The maximum absolute atomic E-state index is 12.2. The number of amides is 2. The Labute approximate surface area is 150 Å². The lowest BCUT2D eigenvalue weighted by Crippen LogP contribution is -2.52. The molecular weight excluding hydrogens is 357 g/mol. The zero-order valence-corrected chi connectivity index (χ0v) is 15.8. The second kappa shape index (κ2) is 7.53. The first-order valence-corrected chi connectivity index (χ1v) is 8.02. The van der Waals surface area contributed by atoms with Crippen LogP contribution in [0.25, 0.3) is 0 Å². The van der Waals surface area contributed by atoms with Crippen molar-refractivity contribution in [3.8, 4) is 0 Å². The average Bonchev–Trinajstić information content (AvgIpc) is 2.32. The molecule has 0 saturated carbocycles. The van der Waals surface area contributed by atoms with Crippen molar-refractivity contribution in [3.05, 3.63) is 22.2 Å². The number of rotatable bonds is 4. The van der Waals surface area contributed by atoms with Gasteiger partial charge in [-0.25, -0.2) is 24.5 Å². The van der Waals surface area contributed by atoms with Gasteiger partial charge in [-0.15, -0.1) is 0 Å². The summed E-state index contributed by atoms with van der Waals surface area (Å²) in [5, 5.41) is 9.63. The molecule has 0 fully saturated rings. The van der Waals surface area contributed by atoms with Crippen molar-refractivity contribution in [1.82, 2.24) is 14.9 Å². The monoisotopic (exact) mass is 377 g/mol. The van der Waals surface area contributed by atoms with E-state index in [-0.39, 0.29) is 10.4 Å². The molecule has 2 amide bonds. The summed E-state index contributed by atoms with van der Waals surface area (Å²) in [4.78, 5) is 32.2. The second-order valence-electron chi connectivity index (χ2n) is 6.86. The molecule has 1 heterocycles. The molecule has 1 aromatic heterocycles.